The third-order valence-electron chi connectivity index (χ3n) is 5.60. The van der Waals surface area contributed by atoms with Gasteiger partial charge in [0, 0.05) is 67.7 Å². The molecular formula is C22H27N5O2. The van der Waals surface area contributed by atoms with Crippen LogP contribution in [0.15, 0.2) is 46.1 Å². The molecular weight excluding hydrogens is 366 g/mol. The number of pyridine rings is 2. The lowest BCUT2D eigenvalue weighted by Crippen LogP contribution is -2.46. The largest absolute Gasteiger partial charge is 0.398 e. The van der Waals surface area contributed by atoms with Gasteiger partial charge in [-0.15, -0.1) is 0 Å². The maximum Gasteiger partial charge on any atom is 0.253 e. The molecule has 0 radical (unpaired) electrons. The zero-order chi connectivity index (χ0) is 20.4. The maximum atomic E-state index is 12.4. The van der Waals surface area contributed by atoms with E-state index < -0.39 is 0 Å². The van der Waals surface area contributed by atoms with E-state index in [1.165, 1.54) is 6.07 Å². The first-order valence-electron chi connectivity index (χ1n) is 10.1. The Morgan fingerprint density at radius 2 is 1.86 bits per heavy atom. The quantitative estimate of drug-likeness (QED) is 0.616. The number of nitrogens with one attached hydrogen (secondary N) is 2. The van der Waals surface area contributed by atoms with Crippen LogP contribution < -0.4 is 21.6 Å². The third-order valence-corrected chi connectivity index (χ3v) is 5.60. The molecule has 1 aromatic carbocycles. The lowest BCUT2D eigenvalue weighted by Gasteiger charge is -2.35. The van der Waals surface area contributed by atoms with Crippen LogP contribution in [0, 0.1) is 0 Å². The highest BCUT2D eigenvalue weighted by Crippen LogP contribution is 2.23. The van der Waals surface area contributed by atoms with E-state index in [2.05, 4.69) is 25.8 Å². The molecule has 0 aliphatic carbocycles. The minimum absolute atomic E-state index is 0.0210. The molecule has 0 amide bonds. The van der Waals surface area contributed by atoms with Crippen LogP contribution in [0.4, 0.5) is 11.5 Å². The van der Waals surface area contributed by atoms with Crippen molar-refractivity contribution in [1.29, 1.82) is 0 Å². The van der Waals surface area contributed by atoms with Gasteiger partial charge >= 0.3 is 0 Å². The average molecular weight is 393 g/mol. The third kappa shape index (κ3) is 4.05. The number of nitrogens with two attached hydrogens (primary N) is 1. The van der Waals surface area contributed by atoms with Crippen LogP contribution in [0.25, 0.3) is 10.9 Å². The molecule has 7 nitrogen and oxygen atoms in total. The summed E-state index contributed by atoms with van der Waals surface area (Å²) < 4.78 is 0. The van der Waals surface area contributed by atoms with Crippen molar-refractivity contribution in [3.8, 4) is 0 Å². The lowest BCUT2D eigenvalue weighted by atomic mass is 10.0. The number of piperazine rings is 1. The zero-order valence-electron chi connectivity index (χ0n) is 16.7. The summed E-state index contributed by atoms with van der Waals surface area (Å²) in [7, 11) is 0. The van der Waals surface area contributed by atoms with Crippen molar-refractivity contribution < 1.29 is 0 Å². The van der Waals surface area contributed by atoms with E-state index in [1.807, 2.05) is 19.1 Å². The van der Waals surface area contributed by atoms with E-state index in [1.54, 1.807) is 12.3 Å². The molecule has 4 N–H and O–H groups in total. The van der Waals surface area contributed by atoms with Crippen LogP contribution in [-0.4, -0.2) is 41.0 Å². The number of benzene rings is 1. The van der Waals surface area contributed by atoms with Crippen molar-refractivity contribution in [3.63, 3.8) is 0 Å². The van der Waals surface area contributed by atoms with Crippen LogP contribution in [0.1, 0.15) is 24.5 Å². The number of hydrogen-bond donors (Lipinski definition) is 3. The standard InChI is InChI=1S/C22H27N5O2/c1-2-3-18-21(23)17-5-4-15(12-19(17)25-22(18)29)14-26-8-10-27(11-9-26)20-13-16(28)6-7-24-20/h4-7,12-13H,2-3,8-11,14H2,1H3,(H,24,28)(H3,23,25,29). The Hall–Kier alpha value is -3.06. The molecule has 3 aromatic rings. The Morgan fingerprint density at radius 1 is 1.07 bits per heavy atom. The van der Waals surface area contributed by atoms with Gasteiger partial charge in [0.15, 0.2) is 5.43 Å². The van der Waals surface area contributed by atoms with Crippen molar-refractivity contribution in [3.05, 3.63) is 68.2 Å². The van der Waals surface area contributed by atoms with Gasteiger partial charge in [0.25, 0.3) is 5.56 Å². The molecule has 0 atom stereocenters. The molecule has 152 valence electrons. The number of aromatic nitrogens is 2. The number of anilines is 2. The number of rotatable bonds is 5. The molecule has 4 rings (SSSR count). The predicted molar refractivity (Wildman–Crippen MR) is 118 cm³/mol. The van der Waals surface area contributed by atoms with Crippen molar-refractivity contribution >= 4 is 22.4 Å². The highest BCUT2D eigenvalue weighted by Gasteiger charge is 2.18. The summed E-state index contributed by atoms with van der Waals surface area (Å²) in [4.78, 5) is 34.7. The summed E-state index contributed by atoms with van der Waals surface area (Å²) in [6, 6.07) is 9.31. The summed E-state index contributed by atoms with van der Waals surface area (Å²) in [5.41, 5.74) is 9.43. The first kappa shape index (κ1) is 19.3. The summed E-state index contributed by atoms with van der Waals surface area (Å²) in [6.45, 7) is 6.39. The van der Waals surface area contributed by atoms with Gasteiger partial charge in [0.1, 0.15) is 5.82 Å². The number of hydrogen-bond acceptors (Lipinski definition) is 5. The molecule has 0 saturated carbocycles. The van der Waals surface area contributed by atoms with Gasteiger partial charge in [-0.05, 0) is 18.1 Å². The van der Waals surface area contributed by atoms with Gasteiger partial charge in [0.05, 0.1) is 5.52 Å². The van der Waals surface area contributed by atoms with E-state index in [4.69, 9.17) is 5.73 Å². The predicted octanol–water partition coefficient (Wildman–Crippen LogP) is 2.07. The Labute approximate surface area is 169 Å². The zero-order valence-corrected chi connectivity index (χ0v) is 16.7. The second kappa shape index (κ2) is 8.13. The molecule has 0 unspecified atom stereocenters. The number of fused-ring (bicyclic) bond motifs is 1. The molecule has 1 aliphatic heterocycles. The van der Waals surface area contributed by atoms with Crippen molar-refractivity contribution in [2.45, 2.75) is 26.3 Å². The van der Waals surface area contributed by atoms with Crippen LogP contribution in [0.3, 0.4) is 0 Å². The van der Waals surface area contributed by atoms with E-state index in [9.17, 15) is 9.59 Å². The molecule has 29 heavy (non-hydrogen) atoms. The second-order valence-electron chi connectivity index (χ2n) is 7.65. The smallest absolute Gasteiger partial charge is 0.253 e. The van der Waals surface area contributed by atoms with Crippen LogP contribution in [0.2, 0.25) is 0 Å². The Morgan fingerprint density at radius 3 is 2.59 bits per heavy atom. The van der Waals surface area contributed by atoms with E-state index in [-0.39, 0.29) is 11.0 Å². The fourth-order valence-electron chi connectivity index (χ4n) is 4.03. The first-order valence-corrected chi connectivity index (χ1v) is 10.1. The van der Waals surface area contributed by atoms with Crippen molar-refractivity contribution in [2.24, 2.45) is 0 Å². The number of aromatic amines is 2. The molecule has 1 saturated heterocycles. The van der Waals surface area contributed by atoms with Gasteiger partial charge in [-0.3, -0.25) is 14.5 Å². The lowest BCUT2D eigenvalue weighted by molar-refractivity contribution is 0.249. The molecule has 1 fully saturated rings. The van der Waals surface area contributed by atoms with Crippen molar-refractivity contribution in [2.75, 3.05) is 36.8 Å². The normalized spacial score (nSPS) is 15.1. The molecule has 7 heteroatoms. The van der Waals surface area contributed by atoms with Crippen LogP contribution in [0.5, 0.6) is 0 Å². The van der Waals surface area contributed by atoms with E-state index >= 15 is 0 Å². The highest BCUT2D eigenvalue weighted by molar-refractivity contribution is 5.91. The van der Waals surface area contributed by atoms with E-state index in [0.717, 1.165) is 61.4 Å². The molecule has 0 bridgehead atoms. The van der Waals surface area contributed by atoms with Gasteiger partial charge in [0.2, 0.25) is 0 Å². The second-order valence-corrected chi connectivity index (χ2v) is 7.65. The SMILES string of the molecule is CCCc1c(N)c2ccc(CN3CCN(c4cc(=O)cc[nH]4)CC3)cc2[nH]c1=O. The van der Waals surface area contributed by atoms with Crippen LogP contribution >= 0.6 is 0 Å². The summed E-state index contributed by atoms with van der Waals surface area (Å²) in [5, 5.41) is 0.912. The first-order chi connectivity index (χ1) is 14.0. The summed E-state index contributed by atoms with van der Waals surface area (Å²) in [5.74, 6) is 0.874. The number of nitrogen functional groups attached to an aromatic ring is 1. The fraction of sp³-hybridized carbons (Fsp3) is 0.364. The van der Waals surface area contributed by atoms with Crippen molar-refractivity contribution in [1.82, 2.24) is 14.9 Å². The fourth-order valence-corrected chi connectivity index (χ4v) is 4.03. The maximum absolute atomic E-state index is 12.4. The van der Waals surface area contributed by atoms with Gasteiger partial charge < -0.3 is 20.6 Å². The molecule has 2 aromatic heterocycles. The average Bonchev–Trinajstić information content (AvgIpc) is 2.71. The Kier molecular flexibility index (Phi) is 5.40. The van der Waals surface area contributed by atoms with Crippen LogP contribution in [-0.2, 0) is 13.0 Å². The Balaban J connectivity index is 1.47. The van der Waals surface area contributed by atoms with Gasteiger partial charge in [-0.2, -0.15) is 0 Å². The minimum atomic E-state index is -0.0838. The topological polar surface area (TPSA) is 98.2 Å². The minimum Gasteiger partial charge on any atom is -0.398 e. The highest BCUT2D eigenvalue weighted by atomic mass is 16.1. The molecule has 1 aliphatic rings. The monoisotopic (exact) mass is 393 g/mol. The summed E-state index contributed by atoms with van der Waals surface area (Å²) >= 11 is 0. The number of H-pyrrole nitrogens is 2. The summed E-state index contributed by atoms with van der Waals surface area (Å²) in [6.07, 6.45) is 3.27. The van der Waals surface area contributed by atoms with Gasteiger partial charge in [-0.1, -0.05) is 25.5 Å². The van der Waals surface area contributed by atoms with Gasteiger partial charge in [-0.25, -0.2) is 0 Å². The Bertz CT molecular complexity index is 1130. The van der Waals surface area contributed by atoms with E-state index in [0.29, 0.717) is 17.7 Å². The number of nitrogens with zero attached hydrogens (tertiary/aromatic N) is 2. The molecule has 3 heterocycles. The molecule has 0 spiro atoms.